The van der Waals surface area contributed by atoms with Gasteiger partial charge in [-0.3, -0.25) is 4.57 Å². The number of hydrogen-bond acceptors (Lipinski definition) is 3. The molecule has 12 rings (SSSR count). The number of benzene rings is 9. The van der Waals surface area contributed by atoms with Crippen LogP contribution in [0.4, 0.5) is 0 Å². The summed E-state index contributed by atoms with van der Waals surface area (Å²) in [6.45, 7) is 0. The van der Waals surface area contributed by atoms with Gasteiger partial charge in [-0.25, -0.2) is 4.98 Å². The summed E-state index contributed by atoms with van der Waals surface area (Å²) in [6, 6.07) is 79.2. The Bertz CT molecular complexity index is 3610. The van der Waals surface area contributed by atoms with Gasteiger partial charge in [0.25, 0.3) is 0 Å². The Labute approximate surface area is 358 Å². The molecule has 62 heavy (non-hydrogen) atoms. The second-order valence-electron chi connectivity index (χ2n) is 15.6. The van der Waals surface area contributed by atoms with Crippen LogP contribution < -0.4 is 0 Å². The van der Waals surface area contributed by atoms with E-state index in [1.165, 1.54) is 5.39 Å². The summed E-state index contributed by atoms with van der Waals surface area (Å²) in [5, 5.41) is 4.58. The van der Waals surface area contributed by atoms with Crippen molar-refractivity contribution >= 4 is 43.6 Å². The molecule has 5 nitrogen and oxygen atoms in total. The van der Waals surface area contributed by atoms with Crippen molar-refractivity contribution in [2.75, 3.05) is 0 Å². The van der Waals surface area contributed by atoms with E-state index < -0.39 is 0 Å². The SMILES string of the molecule is c1ccc(-c2ccc(-c3nc(-c4cccc(-c5ccccc5)c4)nc(-n4c5ccccc5c5ccc6c7ccccc7n(-c7ccccc7-c7ccccc7)c6c54)n3)cc2)cc1. The van der Waals surface area contributed by atoms with Crippen LogP contribution in [0.5, 0.6) is 0 Å². The maximum absolute atomic E-state index is 5.43. The van der Waals surface area contributed by atoms with Gasteiger partial charge in [0.05, 0.1) is 27.8 Å². The molecule has 0 spiro atoms. The number of aromatic nitrogens is 5. The van der Waals surface area contributed by atoms with Crippen LogP contribution in [0.2, 0.25) is 0 Å². The Morgan fingerprint density at radius 2 is 0.726 bits per heavy atom. The third kappa shape index (κ3) is 5.90. The third-order valence-corrected chi connectivity index (χ3v) is 12.0. The van der Waals surface area contributed by atoms with E-state index in [9.17, 15) is 0 Å². The molecule has 3 aromatic heterocycles. The molecular formula is C57H37N5. The lowest BCUT2D eigenvalue weighted by molar-refractivity contribution is 0.953. The summed E-state index contributed by atoms with van der Waals surface area (Å²) < 4.78 is 4.71. The molecule has 0 aliphatic heterocycles. The lowest BCUT2D eigenvalue weighted by Crippen LogP contribution is -2.07. The second kappa shape index (κ2) is 14.7. The number of rotatable bonds is 7. The summed E-state index contributed by atoms with van der Waals surface area (Å²) in [5.41, 5.74) is 14.0. The molecule has 0 fully saturated rings. The number of hydrogen-bond donors (Lipinski definition) is 0. The predicted octanol–water partition coefficient (Wildman–Crippen LogP) is 14.4. The van der Waals surface area contributed by atoms with Crippen molar-refractivity contribution in [1.29, 1.82) is 0 Å². The molecule has 0 radical (unpaired) electrons. The molecule has 12 aromatic rings. The van der Waals surface area contributed by atoms with Crippen LogP contribution in [-0.4, -0.2) is 24.1 Å². The third-order valence-electron chi connectivity index (χ3n) is 12.0. The molecule has 0 bridgehead atoms. The zero-order chi connectivity index (χ0) is 41.0. The average molecular weight is 792 g/mol. The van der Waals surface area contributed by atoms with E-state index in [0.717, 1.165) is 88.4 Å². The van der Waals surface area contributed by atoms with Crippen molar-refractivity contribution < 1.29 is 0 Å². The first-order valence-electron chi connectivity index (χ1n) is 21.0. The fraction of sp³-hybridized carbons (Fsp3) is 0. The summed E-state index contributed by atoms with van der Waals surface area (Å²) in [4.78, 5) is 16.1. The minimum Gasteiger partial charge on any atom is -0.307 e. The Kier molecular flexibility index (Phi) is 8.42. The van der Waals surface area contributed by atoms with Crippen LogP contribution >= 0.6 is 0 Å². The highest BCUT2D eigenvalue weighted by molar-refractivity contribution is 6.24. The summed E-state index contributed by atoms with van der Waals surface area (Å²) >= 11 is 0. The van der Waals surface area contributed by atoms with Crippen LogP contribution in [0.3, 0.4) is 0 Å². The Morgan fingerprint density at radius 1 is 0.274 bits per heavy atom. The normalized spacial score (nSPS) is 11.5. The predicted molar refractivity (Wildman–Crippen MR) is 256 cm³/mol. The molecular weight excluding hydrogens is 755 g/mol. The van der Waals surface area contributed by atoms with E-state index in [4.69, 9.17) is 15.0 Å². The molecule has 290 valence electrons. The quantitative estimate of drug-likeness (QED) is 0.162. The second-order valence-corrected chi connectivity index (χ2v) is 15.6. The Hall–Kier alpha value is -8.41. The van der Waals surface area contributed by atoms with E-state index in [1.807, 2.05) is 12.1 Å². The highest BCUT2D eigenvalue weighted by Gasteiger charge is 2.24. The van der Waals surface area contributed by atoms with Gasteiger partial charge in [-0.2, -0.15) is 9.97 Å². The van der Waals surface area contributed by atoms with Gasteiger partial charge in [0.1, 0.15) is 0 Å². The fourth-order valence-corrected chi connectivity index (χ4v) is 9.12. The van der Waals surface area contributed by atoms with Crippen molar-refractivity contribution in [3.8, 4) is 67.8 Å². The number of fused-ring (bicyclic) bond motifs is 7. The summed E-state index contributed by atoms with van der Waals surface area (Å²) in [5.74, 6) is 1.75. The molecule has 0 N–H and O–H groups in total. The van der Waals surface area contributed by atoms with E-state index in [0.29, 0.717) is 17.6 Å². The maximum atomic E-state index is 5.43. The molecule has 0 aliphatic carbocycles. The minimum absolute atomic E-state index is 0.550. The maximum Gasteiger partial charge on any atom is 0.238 e. The van der Waals surface area contributed by atoms with Crippen molar-refractivity contribution in [1.82, 2.24) is 24.1 Å². The van der Waals surface area contributed by atoms with Gasteiger partial charge in [-0.1, -0.05) is 200 Å². The molecule has 0 saturated carbocycles. The van der Waals surface area contributed by atoms with E-state index in [2.05, 4.69) is 221 Å². The van der Waals surface area contributed by atoms with Crippen molar-refractivity contribution in [2.24, 2.45) is 0 Å². The minimum atomic E-state index is 0.550. The van der Waals surface area contributed by atoms with E-state index in [1.54, 1.807) is 0 Å². The molecule has 9 aromatic carbocycles. The number of para-hydroxylation sites is 3. The first-order chi connectivity index (χ1) is 30.8. The highest BCUT2D eigenvalue weighted by Crippen LogP contribution is 2.43. The van der Waals surface area contributed by atoms with Gasteiger partial charge in [-0.15, -0.1) is 0 Å². The molecule has 0 unspecified atom stereocenters. The lowest BCUT2D eigenvalue weighted by Gasteiger charge is -2.16. The van der Waals surface area contributed by atoms with Crippen LogP contribution in [0.15, 0.2) is 224 Å². The van der Waals surface area contributed by atoms with Gasteiger partial charge >= 0.3 is 0 Å². The summed E-state index contributed by atoms with van der Waals surface area (Å²) in [6.07, 6.45) is 0. The van der Waals surface area contributed by atoms with Gasteiger partial charge in [0.15, 0.2) is 11.6 Å². The lowest BCUT2D eigenvalue weighted by atomic mass is 10.0. The van der Waals surface area contributed by atoms with E-state index >= 15 is 0 Å². The molecule has 0 atom stereocenters. The number of nitrogens with zero attached hydrogens (tertiary/aromatic N) is 5. The zero-order valence-electron chi connectivity index (χ0n) is 33.6. The van der Waals surface area contributed by atoms with Crippen LogP contribution in [0.25, 0.3) is 111 Å². The van der Waals surface area contributed by atoms with Crippen molar-refractivity contribution in [3.05, 3.63) is 224 Å². The van der Waals surface area contributed by atoms with E-state index in [-0.39, 0.29) is 0 Å². The molecule has 0 saturated heterocycles. The highest BCUT2D eigenvalue weighted by atomic mass is 15.2. The monoisotopic (exact) mass is 791 g/mol. The Morgan fingerprint density at radius 3 is 1.39 bits per heavy atom. The Balaban J connectivity index is 1.17. The van der Waals surface area contributed by atoms with Crippen LogP contribution in [0, 0.1) is 0 Å². The van der Waals surface area contributed by atoms with Gasteiger partial charge in [-0.05, 0) is 52.1 Å². The fourth-order valence-electron chi connectivity index (χ4n) is 9.12. The topological polar surface area (TPSA) is 48.5 Å². The first-order valence-corrected chi connectivity index (χ1v) is 21.0. The van der Waals surface area contributed by atoms with Gasteiger partial charge < -0.3 is 4.57 Å². The summed E-state index contributed by atoms with van der Waals surface area (Å²) in [7, 11) is 0. The van der Waals surface area contributed by atoms with Crippen molar-refractivity contribution in [2.45, 2.75) is 0 Å². The molecule has 0 amide bonds. The molecule has 5 heteroatoms. The zero-order valence-corrected chi connectivity index (χ0v) is 33.6. The standard InChI is InChI=1S/C57H37N5/c1-4-17-38(18-5-1)40-31-33-42(34-32-40)55-58-56(44-24-16-23-43(37-44)39-19-6-2-7-20-39)60-57(59-55)62-52-30-15-12-27-47(52)49-36-35-48-46-26-11-14-29-51(46)61(53(48)54(49)62)50-28-13-10-25-45(50)41-21-8-3-9-22-41/h1-37H. The largest absolute Gasteiger partial charge is 0.307 e. The smallest absolute Gasteiger partial charge is 0.238 e. The van der Waals surface area contributed by atoms with Gasteiger partial charge in [0.2, 0.25) is 5.95 Å². The van der Waals surface area contributed by atoms with Gasteiger partial charge in [0, 0.05) is 38.2 Å². The van der Waals surface area contributed by atoms with Crippen LogP contribution in [0.1, 0.15) is 0 Å². The van der Waals surface area contributed by atoms with Crippen molar-refractivity contribution in [3.63, 3.8) is 0 Å². The first kappa shape index (κ1) is 35.5. The molecule has 0 aliphatic rings. The van der Waals surface area contributed by atoms with Crippen LogP contribution in [-0.2, 0) is 0 Å². The molecule has 3 heterocycles. The average Bonchev–Trinajstić information content (AvgIpc) is 3.88.